The molecule has 0 aliphatic carbocycles. The summed E-state index contributed by atoms with van der Waals surface area (Å²) in [6.07, 6.45) is -0.440. The molecule has 2 aromatic rings. The monoisotopic (exact) mass is 502 g/mol. The molecule has 1 fully saturated rings. The minimum Gasteiger partial charge on any atom is -0.461 e. The van der Waals surface area contributed by atoms with Gasteiger partial charge in [-0.25, -0.2) is 4.98 Å². The zero-order valence-corrected chi connectivity index (χ0v) is 21.6. The summed E-state index contributed by atoms with van der Waals surface area (Å²) in [4.78, 5) is 44.7. The summed E-state index contributed by atoms with van der Waals surface area (Å²) in [5, 5.41) is 12.9. The molecular weight excluding hydrogens is 468 g/mol. The lowest BCUT2D eigenvalue weighted by Crippen LogP contribution is -2.55. The highest BCUT2D eigenvalue weighted by atomic mass is 32.1. The summed E-state index contributed by atoms with van der Waals surface area (Å²) in [6, 6.07) is 5.19. The second-order valence-corrected chi connectivity index (χ2v) is 10.8. The Morgan fingerprint density at radius 3 is 2.46 bits per heavy atom. The molecule has 10 heteroatoms. The van der Waals surface area contributed by atoms with Gasteiger partial charge < -0.3 is 25.8 Å². The molecule has 0 radical (unpaired) electrons. The van der Waals surface area contributed by atoms with Crippen LogP contribution in [0.25, 0.3) is 10.4 Å². The topological polar surface area (TPSA) is 135 Å². The molecule has 1 saturated heterocycles. The van der Waals surface area contributed by atoms with Crippen molar-refractivity contribution in [2.45, 2.75) is 65.3 Å². The molecule has 1 aliphatic rings. The third-order valence-electron chi connectivity index (χ3n) is 6.20. The highest BCUT2D eigenvalue weighted by Crippen LogP contribution is 2.29. The van der Waals surface area contributed by atoms with E-state index in [2.05, 4.69) is 10.3 Å². The molecule has 4 atom stereocenters. The van der Waals surface area contributed by atoms with Crippen LogP contribution >= 0.6 is 11.3 Å². The van der Waals surface area contributed by atoms with Crippen molar-refractivity contribution in [2.24, 2.45) is 11.1 Å². The third-order valence-corrected chi connectivity index (χ3v) is 7.18. The molecule has 1 aromatic carbocycles. The predicted octanol–water partition coefficient (Wildman–Crippen LogP) is 2.17. The maximum atomic E-state index is 13.3. The number of nitrogens with zero attached hydrogens (tertiary/aromatic N) is 2. The van der Waals surface area contributed by atoms with E-state index in [-0.39, 0.29) is 25.5 Å². The summed E-state index contributed by atoms with van der Waals surface area (Å²) in [5.41, 5.74) is 10.1. The molecule has 4 N–H and O–H groups in total. The summed E-state index contributed by atoms with van der Waals surface area (Å²) < 4.78 is 5.30. The molecule has 2 heterocycles. The lowest BCUT2D eigenvalue weighted by atomic mass is 9.86. The molecular formula is C25H34N4O5S. The largest absolute Gasteiger partial charge is 0.461 e. The van der Waals surface area contributed by atoms with E-state index in [1.807, 2.05) is 52.0 Å². The fourth-order valence-corrected chi connectivity index (χ4v) is 4.92. The Balaban J connectivity index is 1.78. The van der Waals surface area contributed by atoms with E-state index >= 15 is 0 Å². The minimum absolute atomic E-state index is 0.0902. The highest BCUT2D eigenvalue weighted by Gasteiger charge is 2.44. The van der Waals surface area contributed by atoms with Gasteiger partial charge in [-0.05, 0) is 23.5 Å². The number of amides is 2. The van der Waals surface area contributed by atoms with Crippen LogP contribution in [0.4, 0.5) is 0 Å². The second-order valence-electron chi connectivity index (χ2n) is 9.95. The zero-order valence-electron chi connectivity index (χ0n) is 20.8. The Morgan fingerprint density at radius 1 is 1.29 bits per heavy atom. The Morgan fingerprint density at radius 2 is 1.94 bits per heavy atom. The molecule has 3 rings (SSSR count). The molecule has 0 spiro atoms. The smallest absolute Gasteiger partial charge is 0.302 e. The van der Waals surface area contributed by atoms with Gasteiger partial charge in [0.25, 0.3) is 0 Å². The summed E-state index contributed by atoms with van der Waals surface area (Å²) in [5.74, 6) is -1.29. The van der Waals surface area contributed by atoms with Crippen molar-refractivity contribution in [2.75, 3.05) is 13.2 Å². The van der Waals surface area contributed by atoms with Gasteiger partial charge in [-0.15, -0.1) is 11.3 Å². The van der Waals surface area contributed by atoms with E-state index in [4.69, 9.17) is 10.5 Å². The quantitative estimate of drug-likeness (QED) is 0.494. The van der Waals surface area contributed by atoms with Gasteiger partial charge in [0.1, 0.15) is 12.1 Å². The number of hydrogen-bond acceptors (Lipinski definition) is 8. The van der Waals surface area contributed by atoms with Gasteiger partial charge in [-0.3, -0.25) is 14.4 Å². The number of ether oxygens (including phenoxy) is 1. The van der Waals surface area contributed by atoms with Crippen molar-refractivity contribution < 1.29 is 24.2 Å². The van der Waals surface area contributed by atoms with E-state index in [9.17, 15) is 19.5 Å². The van der Waals surface area contributed by atoms with E-state index < -0.39 is 41.5 Å². The van der Waals surface area contributed by atoms with Gasteiger partial charge in [-0.2, -0.15) is 0 Å². The lowest BCUT2D eigenvalue weighted by molar-refractivity contribution is -0.147. The molecule has 1 aromatic heterocycles. The second kappa shape index (κ2) is 10.8. The van der Waals surface area contributed by atoms with Crippen LogP contribution in [-0.2, 0) is 19.1 Å². The standard InChI is InChI=1S/C25H34N4O5S/c1-14-21(35-13-27-14)17-8-6-16(7-9-17)19(12-30)28-23(32)20-10-18(34-15(2)31)11-29(20)24(33)22(26)25(3,4)5/h6-9,13,18-20,22,30H,10-12,26H2,1-5H3,(H,28,32)/t18-,19+,20-,22-/m1/s1. The number of rotatable bonds is 7. The zero-order chi connectivity index (χ0) is 25.9. The maximum Gasteiger partial charge on any atom is 0.302 e. The molecule has 0 saturated carbocycles. The number of benzene rings is 1. The molecule has 0 unspecified atom stereocenters. The Kier molecular flexibility index (Phi) is 8.30. The van der Waals surface area contributed by atoms with Crippen LogP contribution in [0.5, 0.6) is 0 Å². The van der Waals surface area contributed by atoms with E-state index in [1.165, 1.54) is 11.8 Å². The number of aliphatic hydroxyl groups is 1. The lowest BCUT2D eigenvalue weighted by Gasteiger charge is -2.33. The van der Waals surface area contributed by atoms with Gasteiger partial charge in [0.15, 0.2) is 0 Å². The first-order valence-electron chi connectivity index (χ1n) is 11.6. The molecule has 9 nitrogen and oxygen atoms in total. The molecule has 0 bridgehead atoms. The SMILES string of the molecule is CC(=O)O[C@@H]1C[C@H](C(=O)N[C@@H](CO)c2ccc(-c3scnc3C)cc2)N(C(=O)[C@@H](N)C(C)(C)C)C1. The average Bonchev–Trinajstić information content (AvgIpc) is 3.41. The van der Waals surface area contributed by atoms with Gasteiger partial charge in [0, 0.05) is 13.3 Å². The summed E-state index contributed by atoms with van der Waals surface area (Å²) in [6.45, 7) is 8.56. The first kappa shape index (κ1) is 26.8. The number of aromatic nitrogens is 1. The van der Waals surface area contributed by atoms with Crippen LogP contribution in [0.3, 0.4) is 0 Å². The van der Waals surface area contributed by atoms with Crippen molar-refractivity contribution in [1.82, 2.24) is 15.2 Å². The fraction of sp³-hybridized carbons (Fsp3) is 0.520. The van der Waals surface area contributed by atoms with Crippen LogP contribution in [-0.4, -0.2) is 64.1 Å². The Bertz CT molecular complexity index is 1060. The predicted molar refractivity (Wildman–Crippen MR) is 133 cm³/mol. The number of carbonyl (C=O) groups excluding carboxylic acids is 3. The maximum absolute atomic E-state index is 13.3. The number of carbonyl (C=O) groups is 3. The van der Waals surface area contributed by atoms with Crippen molar-refractivity contribution in [3.05, 3.63) is 41.0 Å². The van der Waals surface area contributed by atoms with E-state index in [0.717, 1.165) is 21.7 Å². The average molecular weight is 503 g/mol. The summed E-state index contributed by atoms with van der Waals surface area (Å²) in [7, 11) is 0. The number of thiazole rings is 1. The van der Waals surface area contributed by atoms with Crippen molar-refractivity contribution >= 4 is 29.1 Å². The number of aliphatic hydroxyl groups excluding tert-OH is 1. The van der Waals surface area contributed by atoms with Crippen LogP contribution in [0.15, 0.2) is 29.8 Å². The number of likely N-dealkylation sites (tertiary alicyclic amines) is 1. The number of esters is 1. The normalized spacial score (nSPS) is 19.8. The third kappa shape index (κ3) is 6.25. The first-order valence-corrected chi connectivity index (χ1v) is 12.4. The van der Waals surface area contributed by atoms with Crippen molar-refractivity contribution in [3.63, 3.8) is 0 Å². The fourth-order valence-electron chi connectivity index (χ4n) is 4.11. The molecule has 35 heavy (non-hydrogen) atoms. The molecule has 1 aliphatic heterocycles. The van der Waals surface area contributed by atoms with Crippen molar-refractivity contribution in [1.29, 1.82) is 0 Å². The molecule has 190 valence electrons. The van der Waals surface area contributed by atoms with Gasteiger partial charge in [0.05, 0.1) is 41.3 Å². The number of nitrogens with one attached hydrogen (secondary N) is 1. The molecule has 2 amide bonds. The Labute approximate surface area is 209 Å². The Hall–Kier alpha value is -2.82. The van der Waals surface area contributed by atoms with Gasteiger partial charge in [0.2, 0.25) is 11.8 Å². The van der Waals surface area contributed by atoms with Crippen LogP contribution in [0, 0.1) is 12.3 Å². The van der Waals surface area contributed by atoms with E-state index in [1.54, 1.807) is 16.8 Å². The minimum atomic E-state index is -0.867. The highest BCUT2D eigenvalue weighted by molar-refractivity contribution is 7.13. The van der Waals surface area contributed by atoms with E-state index in [0.29, 0.717) is 0 Å². The summed E-state index contributed by atoms with van der Waals surface area (Å²) >= 11 is 1.55. The first-order chi connectivity index (χ1) is 16.4. The number of nitrogens with two attached hydrogens (primary N) is 1. The number of aryl methyl sites for hydroxylation is 1. The van der Waals surface area contributed by atoms with Gasteiger partial charge in [-0.1, -0.05) is 45.0 Å². The van der Waals surface area contributed by atoms with Gasteiger partial charge >= 0.3 is 5.97 Å². The van der Waals surface area contributed by atoms with Crippen LogP contribution < -0.4 is 11.1 Å². The number of hydrogen-bond donors (Lipinski definition) is 3. The van der Waals surface area contributed by atoms with Crippen LogP contribution in [0.1, 0.15) is 51.4 Å². The van der Waals surface area contributed by atoms with Crippen molar-refractivity contribution in [3.8, 4) is 10.4 Å². The van der Waals surface area contributed by atoms with Crippen LogP contribution in [0.2, 0.25) is 0 Å².